The molecule has 0 saturated carbocycles. The summed E-state index contributed by atoms with van der Waals surface area (Å²) in [5, 5.41) is 9.32. The van der Waals surface area contributed by atoms with Gasteiger partial charge in [0.25, 0.3) is 0 Å². The first-order valence-electron chi connectivity index (χ1n) is 6.78. The van der Waals surface area contributed by atoms with Crippen LogP contribution in [0.3, 0.4) is 0 Å². The first-order valence-corrected chi connectivity index (χ1v) is 7.83. The normalized spacial score (nSPS) is 32.5. The van der Waals surface area contributed by atoms with Crippen LogP contribution in [0.25, 0.3) is 0 Å². The zero-order valence-electron chi connectivity index (χ0n) is 10.8. The summed E-state index contributed by atoms with van der Waals surface area (Å²) in [5.74, 6) is 0.690. The molecule has 1 N–H and O–H groups in total. The summed E-state index contributed by atoms with van der Waals surface area (Å²) in [7, 11) is 0. The number of nitrogens with zero attached hydrogens (tertiary/aromatic N) is 1. The molecule has 0 aromatic rings. The van der Waals surface area contributed by atoms with E-state index in [1.807, 2.05) is 0 Å². The van der Waals surface area contributed by atoms with Crippen LogP contribution in [0.5, 0.6) is 0 Å². The number of rotatable bonds is 3. The van der Waals surface area contributed by atoms with Gasteiger partial charge in [-0.05, 0) is 37.4 Å². The highest BCUT2D eigenvalue weighted by molar-refractivity contribution is 8.00. The van der Waals surface area contributed by atoms with E-state index in [0.29, 0.717) is 18.9 Å². The molecular weight excluding hydrogens is 250 g/mol. The fraction of sp³-hybridized carbons (Fsp3) is 0.846. The summed E-state index contributed by atoms with van der Waals surface area (Å²) in [4.78, 5) is 25.3. The van der Waals surface area contributed by atoms with Crippen molar-refractivity contribution in [2.24, 2.45) is 5.92 Å². The Kier molecular flexibility index (Phi) is 4.54. The van der Waals surface area contributed by atoms with E-state index < -0.39 is 12.0 Å². The Bertz CT molecular complexity index is 328. The van der Waals surface area contributed by atoms with Gasteiger partial charge in [-0.1, -0.05) is 13.3 Å². The zero-order chi connectivity index (χ0) is 13.1. The number of carboxylic acids is 1. The fourth-order valence-corrected chi connectivity index (χ4v) is 4.09. The molecule has 2 fully saturated rings. The Hall–Kier alpha value is -0.710. The number of likely N-dealkylation sites (tertiary alicyclic amines) is 1. The Balaban J connectivity index is 2.05. The van der Waals surface area contributed by atoms with E-state index in [1.54, 1.807) is 16.7 Å². The number of amides is 1. The molecule has 102 valence electrons. The van der Waals surface area contributed by atoms with E-state index in [1.165, 1.54) is 0 Å². The van der Waals surface area contributed by atoms with Crippen LogP contribution in [0.15, 0.2) is 0 Å². The van der Waals surface area contributed by atoms with Gasteiger partial charge in [0.15, 0.2) is 0 Å². The summed E-state index contributed by atoms with van der Waals surface area (Å²) in [6, 6.07) is -0.600. The van der Waals surface area contributed by atoms with Gasteiger partial charge in [0.05, 0.1) is 5.25 Å². The number of thioether (sulfide) groups is 1. The highest BCUT2D eigenvalue weighted by Gasteiger charge is 2.38. The predicted molar refractivity (Wildman–Crippen MR) is 71.6 cm³/mol. The summed E-state index contributed by atoms with van der Waals surface area (Å²) in [6.07, 6.45) is 4.55. The highest BCUT2D eigenvalue weighted by atomic mass is 32.2. The van der Waals surface area contributed by atoms with Gasteiger partial charge in [0.1, 0.15) is 6.04 Å². The smallest absolute Gasteiger partial charge is 0.326 e. The summed E-state index contributed by atoms with van der Waals surface area (Å²) < 4.78 is 0. The van der Waals surface area contributed by atoms with E-state index in [9.17, 15) is 14.7 Å². The maximum Gasteiger partial charge on any atom is 0.326 e. The second-order valence-electron chi connectivity index (χ2n) is 5.19. The molecule has 0 spiro atoms. The Labute approximate surface area is 112 Å². The molecule has 0 aliphatic carbocycles. The molecule has 5 heteroatoms. The molecule has 2 aliphatic rings. The van der Waals surface area contributed by atoms with E-state index in [0.717, 1.165) is 31.4 Å². The third-order valence-corrected chi connectivity index (χ3v) is 5.43. The van der Waals surface area contributed by atoms with Crippen LogP contribution in [0.4, 0.5) is 0 Å². The average molecular weight is 271 g/mol. The minimum absolute atomic E-state index is 0.00465. The largest absolute Gasteiger partial charge is 0.480 e. The molecule has 2 heterocycles. The number of hydrogen-bond donors (Lipinski definition) is 1. The molecule has 0 aromatic carbocycles. The molecule has 4 nitrogen and oxygen atoms in total. The summed E-state index contributed by atoms with van der Waals surface area (Å²) in [5.41, 5.74) is 0. The first-order chi connectivity index (χ1) is 8.63. The van der Waals surface area contributed by atoms with Crippen molar-refractivity contribution >= 4 is 23.6 Å². The number of piperidine rings is 1. The third kappa shape index (κ3) is 2.82. The lowest BCUT2D eigenvalue weighted by atomic mass is 9.88. The molecule has 1 amide bonds. The highest BCUT2D eigenvalue weighted by Crippen LogP contribution is 2.32. The first kappa shape index (κ1) is 13.7. The van der Waals surface area contributed by atoms with Gasteiger partial charge in [-0.15, -0.1) is 11.8 Å². The number of carbonyl (C=O) groups excluding carboxylic acids is 1. The van der Waals surface area contributed by atoms with Gasteiger partial charge >= 0.3 is 5.97 Å². The average Bonchev–Trinajstić information content (AvgIpc) is 2.91. The van der Waals surface area contributed by atoms with Gasteiger partial charge in [-0.25, -0.2) is 4.79 Å². The number of carboxylic acid groups (broad SMARTS) is 1. The molecule has 0 radical (unpaired) electrons. The Morgan fingerprint density at radius 3 is 2.72 bits per heavy atom. The van der Waals surface area contributed by atoms with Gasteiger partial charge in [0, 0.05) is 6.54 Å². The fourth-order valence-electron chi connectivity index (χ4n) is 2.86. The standard InChI is InChI=1S/C13H21NO3S/c1-2-9-5-6-14(10(8-9)13(16)17)12(15)11-4-3-7-18-11/h9-11H,2-8H2,1H3,(H,16,17). The molecule has 3 unspecified atom stereocenters. The number of carbonyl (C=O) groups is 2. The van der Waals surface area contributed by atoms with E-state index >= 15 is 0 Å². The SMILES string of the molecule is CCC1CCN(C(=O)C2CCCS2)C(C(=O)O)C1. The van der Waals surface area contributed by atoms with Crippen molar-refractivity contribution in [3.63, 3.8) is 0 Å². The van der Waals surface area contributed by atoms with E-state index in [-0.39, 0.29) is 11.2 Å². The van der Waals surface area contributed by atoms with Crippen LogP contribution >= 0.6 is 11.8 Å². The second kappa shape index (κ2) is 5.95. The second-order valence-corrected chi connectivity index (χ2v) is 6.50. The maximum absolute atomic E-state index is 12.4. The van der Waals surface area contributed by atoms with Gasteiger partial charge in [-0.3, -0.25) is 4.79 Å². The zero-order valence-corrected chi connectivity index (χ0v) is 11.6. The van der Waals surface area contributed by atoms with Crippen LogP contribution in [-0.4, -0.2) is 45.5 Å². The van der Waals surface area contributed by atoms with Crippen LogP contribution in [-0.2, 0) is 9.59 Å². The van der Waals surface area contributed by atoms with Crippen molar-refractivity contribution in [3.8, 4) is 0 Å². The van der Waals surface area contributed by atoms with E-state index in [2.05, 4.69) is 6.92 Å². The van der Waals surface area contributed by atoms with Crippen LogP contribution < -0.4 is 0 Å². The maximum atomic E-state index is 12.4. The summed E-state index contributed by atoms with van der Waals surface area (Å²) >= 11 is 1.68. The molecule has 3 atom stereocenters. The third-order valence-electron chi connectivity index (χ3n) is 4.06. The van der Waals surface area contributed by atoms with Crippen molar-refractivity contribution in [1.29, 1.82) is 0 Å². The van der Waals surface area contributed by atoms with Crippen molar-refractivity contribution in [1.82, 2.24) is 4.90 Å². The molecule has 0 bridgehead atoms. The number of hydrogen-bond acceptors (Lipinski definition) is 3. The predicted octanol–water partition coefficient (Wildman–Crippen LogP) is 1.98. The van der Waals surface area contributed by atoms with Crippen LogP contribution in [0.2, 0.25) is 0 Å². The van der Waals surface area contributed by atoms with Gasteiger partial charge in [-0.2, -0.15) is 0 Å². The monoisotopic (exact) mass is 271 g/mol. The quantitative estimate of drug-likeness (QED) is 0.853. The minimum Gasteiger partial charge on any atom is -0.480 e. The molecule has 2 aliphatic heterocycles. The Morgan fingerprint density at radius 1 is 1.39 bits per heavy atom. The Morgan fingerprint density at radius 2 is 2.17 bits per heavy atom. The minimum atomic E-state index is -0.843. The molecular formula is C13H21NO3S. The lowest BCUT2D eigenvalue weighted by Crippen LogP contribution is -2.52. The van der Waals surface area contributed by atoms with Crippen molar-refractivity contribution < 1.29 is 14.7 Å². The molecule has 0 aromatic heterocycles. The van der Waals surface area contributed by atoms with Gasteiger partial charge < -0.3 is 10.0 Å². The number of aliphatic carboxylic acids is 1. The molecule has 2 saturated heterocycles. The van der Waals surface area contributed by atoms with Crippen LogP contribution in [0.1, 0.15) is 39.0 Å². The van der Waals surface area contributed by atoms with Crippen molar-refractivity contribution in [3.05, 3.63) is 0 Å². The molecule has 2 rings (SSSR count). The topological polar surface area (TPSA) is 57.6 Å². The lowest BCUT2D eigenvalue weighted by Gasteiger charge is -2.38. The van der Waals surface area contributed by atoms with Crippen molar-refractivity contribution in [2.45, 2.75) is 50.3 Å². The lowest BCUT2D eigenvalue weighted by molar-refractivity contribution is -0.153. The summed E-state index contributed by atoms with van der Waals surface area (Å²) in [6.45, 7) is 2.71. The van der Waals surface area contributed by atoms with Crippen molar-refractivity contribution in [2.75, 3.05) is 12.3 Å². The van der Waals surface area contributed by atoms with E-state index in [4.69, 9.17) is 0 Å². The molecule has 18 heavy (non-hydrogen) atoms. The van der Waals surface area contributed by atoms with Gasteiger partial charge in [0.2, 0.25) is 5.91 Å². The van der Waals surface area contributed by atoms with Crippen LogP contribution in [0, 0.1) is 5.92 Å².